The van der Waals surface area contributed by atoms with Crippen LogP contribution in [0, 0.1) is 6.92 Å². The van der Waals surface area contributed by atoms with Gasteiger partial charge in [-0.05, 0) is 26.3 Å². The molecule has 0 saturated heterocycles. The predicted octanol–water partition coefficient (Wildman–Crippen LogP) is 3.14. The zero-order chi connectivity index (χ0) is 12.1. The van der Waals surface area contributed by atoms with Gasteiger partial charge in [-0.25, -0.2) is 0 Å². The zero-order valence-electron chi connectivity index (χ0n) is 10.0. The van der Waals surface area contributed by atoms with Gasteiger partial charge in [0.15, 0.2) is 0 Å². The lowest BCUT2D eigenvalue weighted by Gasteiger charge is -2.21. The van der Waals surface area contributed by atoms with E-state index in [2.05, 4.69) is 0 Å². The van der Waals surface area contributed by atoms with Crippen LogP contribution in [0.1, 0.15) is 30.4 Å². The Labute approximate surface area is 102 Å². The van der Waals surface area contributed by atoms with Crippen LogP contribution in [0.4, 0.5) is 0 Å². The average molecular weight is 240 g/mol. The summed E-state index contributed by atoms with van der Waals surface area (Å²) in [5.41, 5.74) is 2.03. The van der Waals surface area contributed by atoms with E-state index in [9.17, 15) is 4.79 Å². The Bertz CT molecular complexity index is 343. The van der Waals surface area contributed by atoms with E-state index in [1.807, 2.05) is 45.0 Å². The summed E-state index contributed by atoms with van der Waals surface area (Å²) in [4.78, 5) is 13.7. The van der Waals surface area contributed by atoms with Gasteiger partial charge >= 0.3 is 0 Å². The Morgan fingerprint density at radius 1 is 1.25 bits per heavy atom. The molecular weight excluding hydrogens is 222 g/mol. The van der Waals surface area contributed by atoms with Crippen LogP contribution in [0.25, 0.3) is 0 Å². The van der Waals surface area contributed by atoms with Gasteiger partial charge in [0, 0.05) is 13.1 Å². The molecule has 1 aromatic rings. The maximum Gasteiger partial charge on any atom is 0.245 e. The highest BCUT2D eigenvalue weighted by atomic mass is 35.5. The van der Waals surface area contributed by atoms with Crippen LogP contribution >= 0.6 is 11.6 Å². The number of amides is 1. The van der Waals surface area contributed by atoms with Gasteiger partial charge in [0.1, 0.15) is 5.38 Å². The number of carbonyl (C=O) groups excluding carboxylic acids is 1. The number of hydrogen-bond donors (Lipinski definition) is 0. The minimum atomic E-state index is -0.569. The first kappa shape index (κ1) is 13.0. The summed E-state index contributed by atoms with van der Waals surface area (Å²) in [6.45, 7) is 7.33. The number of alkyl halides is 1. The molecule has 1 amide bonds. The molecule has 0 heterocycles. The highest BCUT2D eigenvalue weighted by Crippen LogP contribution is 2.23. The molecule has 1 atom stereocenters. The lowest BCUT2D eigenvalue weighted by molar-refractivity contribution is -0.130. The van der Waals surface area contributed by atoms with Gasteiger partial charge in [-0.1, -0.05) is 29.8 Å². The van der Waals surface area contributed by atoms with Gasteiger partial charge in [0.25, 0.3) is 0 Å². The molecule has 0 N–H and O–H groups in total. The molecule has 0 radical (unpaired) electrons. The number of likely N-dealkylation sites (N-methyl/N-ethyl adjacent to an activating group) is 1. The van der Waals surface area contributed by atoms with Crippen LogP contribution in [0.3, 0.4) is 0 Å². The Morgan fingerprint density at radius 2 is 1.75 bits per heavy atom. The number of hydrogen-bond acceptors (Lipinski definition) is 1. The smallest absolute Gasteiger partial charge is 0.245 e. The summed E-state index contributed by atoms with van der Waals surface area (Å²) in [5, 5.41) is -0.569. The first-order valence-corrected chi connectivity index (χ1v) is 6.03. The minimum Gasteiger partial charge on any atom is -0.342 e. The van der Waals surface area contributed by atoms with Crippen molar-refractivity contribution in [3.05, 3.63) is 35.4 Å². The standard InChI is InChI=1S/C13H18ClNO/c1-4-15(5-2)13(16)12(14)11-8-6-10(3)7-9-11/h6-9,12H,4-5H2,1-3H3. The summed E-state index contributed by atoms with van der Waals surface area (Å²) < 4.78 is 0. The highest BCUT2D eigenvalue weighted by Gasteiger charge is 2.21. The molecule has 0 spiro atoms. The van der Waals surface area contributed by atoms with Gasteiger partial charge in [0.2, 0.25) is 5.91 Å². The van der Waals surface area contributed by atoms with Crippen molar-refractivity contribution < 1.29 is 4.79 Å². The second-order valence-electron chi connectivity index (χ2n) is 3.78. The number of benzene rings is 1. The van der Waals surface area contributed by atoms with Crippen LogP contribution in [0.2, 0.25) is 0 Å². The summed E-state index contributed by atoms with van der Waals surface area (Å²) in [6, 6.07) is 7.77. The second-order valence-corrected chi connectivity index (χ2v) is 4.22. The van der Waals surface area contributed by atoms with E-state index >= 15 is 0 Å². The first-order chi connectivity index (χ1) is 7.60. The van der Waals surface area contributed by atoms with E-state index in [-0.39, 0.29) is 5.91 Å². The van der Waals surface area contributed by atoms with E-state index in [1.165, 1.54) is 5.56 Å². The van der Waals surface area contributed by atoms with Gasteiger partial charge < -0.3 is 4.90 Å². The average Bonchev–Trinajstić information content (AvgIpc) is 2.30. The van der Waals surface area contributed by atoms with Gasteiger partial charge in [-0.15, -0.1) is 11.6 Å². The molecule has 1 rings (SSSR count). The van der Waals surface area contributed by atoms with E-state index in [4.69, 9.17) is 11.6 Å². The van der Waals surface area contributed by atoms with Crippen molar-refractivity contribution in [2.24, 2.45) is 0 Å². The maximum absolute atomic E-state index is 12.0. The minimum absolute atomic E-state index is 0.0180. The summed E-state index contributed by atoms with van der Waals surface area (Å²) >= 11 is 6.17. The molecule has 2 nitrogen and oxygen atoms in total. The molecule has 0 aliphatic rings. The molecule has 0 fully saturated rings. The number of nitrogens with zero attached hydrogens (tertiary/aromatic N) is 1. The third kappa shape index (κ3) is 2.99. The van der Waals surface area contributed by atoms with Crippen molar-refractivity contribution in [3.8, 4) is 0 Å². The Kier molecular flexibility index (Phi) is 4.81. The van der Waals surface area contributed by atoms with Crippen LogP contribution < -0.4 is 0 Å². The van der Waals surface area contributed by atoms with Crippen molar-refractivity contribution >= 4 is 17.5 Å². The van der Waals surface area contributed by atoms with E-state index in [0.717, 1.165) is 5.56 Å². The van der Waals surface area contributed by atoms with Gasteiger partial charge in [-0.3, -0.25) is 4.79 Å². The van der Waals surface area contributed by atoms with Crippen molar-refractivity contribution in [1.29, 1.82) is 0 Å². The molecule has 16 heavy (non-hydrogen) atoms. The Balaban J connectivity index is 2.81. The number of rotatable bonds is 4. The fourth-order valence-electron chi connectivity index (χ4n) is 1.57. The fraction of sp³-hybridized carbons (Fsp3) is 0.462. The van der Waals surface area contributed by atoms with Crippen molar-refractivity contribution in [1.82, 2.24) is 4.90 Å². The van der Waals surface area contributed by atoms with Crippen molar-refractivity contribution in [2.45, 2.75) is 26.1 Å². The fourth-order valence-corrected chi connectivity index (χ4v) is 1.86. The molecule has 1 aromatic carbocycles. The van der Waals surface area contributed by atoms with E-state index < -0.39 is 5.38 Å². The lowest BCUT2D eigenvalue weighted by atomic mass is 10.1. The summed E-state index contributed by atoms with van der Waals surface area (Å²) in [6.07, 6.45) is 0. The van der Waals surface area contributed by atoms with Gasteiger partial charge in [-0.2, -0.15) is 0 Å². The monoisotopic (exact) mass is 239 g/mol. The summed E-state index contributed by atoms with van der Waals surface area (Å²) in [7, 11) is 0. The molecule has 0 aliphatic carbocycles. The molecule has 0 aliphatic heterocycles. The molecule has 0 saturated carbocycles. The number of carbonyl (C=O) groups is 1. The number of halogens is 1. The summed E-state index contributed by atoms with van der Waals surface area (Å²) in [5.74, 6) is -0.0180. The molecule has 0 bridgehead atoms. The van der Waals surface area contributed by atoms with Crippen LogP contribution in [-0.2, 0) is 4.79 Å². The maximum atomic E-state index is 12.0. The molecule has 0 aromatic heterocycles. The lowest BCUT2D eigenvalue weighted by Crippen LogP contribution is -2.33. The van der Waals surface area contributed by atoms with Gasteiger partial charge in [0.05, 0.1) is 0 Å². The highest BCUT2D eigenvalue weighted by molar-refractivity contribution is 6.30. The van der Waals surface area contributed by atoms with E-state index in [0.29, 0.717) is 13.1 Å². The van der Waals surface area contributed by atoms with Crippen molar-refractivity contribution in [2.75, 3.05) is 13.1 Å². The predicted molar refractivity (Wildman–Crippen MR) is 67.7 cm³/mol. The van der Waals surface area contributed by atoms with E-state index in [1.54, 1.807) is 4.90 Å². The zero-order valence-corrected chi connectivity index (χ0v) is 10.8. The molecule has 3 heteroatoms. The second kappa shape index (κ2) is 5.90. The third-order valence-electron chi connectivity index (χ3n) is 2.66. The molecule has 1 unspecified atom stereocenters. The Hall–Kier alpha value is -1.02. The third-order valence-corrected chi connectivity index (χ3v) is 3.10. The molecular formula is C13H18ClNO. The van der Waals surface area contributed by atoms with Crippen LogP contribution in [0.15, 0.2) is 24.3 Å². The quantitative estimate of drug-likeness (QED) is 0.740. The normalized spacial score (nSPS) is 12.2. The SMILES string of the molecule is CCN(CC)C(=O)C(Cl)c1ccc(C)cc1. The number of aryl methyl sites for hydroxylation is 1. The van der Waals surface area contributed by atoms with Crippen LogP contribution in [0.5, 0.6) is 0 Å². The Morgan fingerprint density at radius 3 is 2.19 bits per heavy atom. The van der Waals surface area contributed by atoms with Crippen LogP contribution in [-0.4, -0.2) is 23.9 Å². The van der Waals surface area contributed by atoms with Crippen molar-refractivity contribution in [3.63, 3.8) is 0 Å². The largest absolute Gasteiger partial charge is 0.342 e. The first-order valence-electron chi connectivity index (χ1n) is 5.59. The molecule has 88 valence electrons. The topological polar surface area (TPSA) is 20.3 Å².